The van der Waals surface area contributed by atoms with Gasteiger partial charge in [0.05, 0.1) is 10.6 Å². The van der Waals surface area contributed by atoms with Gasteiger partial charge in [-0.2, -0.15) is 0 Å². The second-order valence-corrected chi connectivity index (χ2v) is 4.73. The zero-order valence-electron chi connectivity index (χ0n) is 11.6. The summed E-state index contributed by atoms with van der Waals surface area (Å²) in [6.45, 7) is 3.42. The fourth-order valence-corrected chi connectivity index (χ4v) is 1.89. The molecule has 0 aliphatic carbocycles. The van der Waals surface area contributed by atoms with Crippen molar-refractivity contribution in [2.24, 2.45) is 0 Å². The number of phenols is 1. The minimum Gasteiger partial charge on any atom is -0.506 e. The lowest BCUT2D eigenvalue weighted by atomic mass is 10.1. The molecule has 0 aliphatic heterocycles. The van der Waals surface area contributed by atoms with Gasteiger partial charge in [0, 0.05) is 17.2 Å². The number of aromatic hydroxyl groups is 1. The van der Waals surface area contributed by atoms with Crippen molar-refractivity contribution in [1.82, 2.24) is 0 Å². The van der Waals surface area contributed by atoms with Crippen LogP contribution in [0.15, 0.2) is 36.4 Å². The lowest BCUT2D eigenvalue weighted by molar-refractivity contribution is -0.385. The molecule has 6 nitrogen and oxygen atoms in total. The molecule has 0 spiro atoms. The third kappa shape index (κ3) is 3.17. The van der Waals surface area contributed by atoms with Gasteiger partial charge in [-0.25, -0.2) is 0 Å². The summed E-state index contributed by atoms with van der Waals surface area (Å²) in [4.78, 5) is 22.4. The molecule has 0 fully saturated rings. The number of aryl methyl sites for hydroxylation is 2. The highest BCUT2D eigenvalue weighted by Crippen LogP contribution is 2.25. The molecule has 2 rings (SSSR count). The van der Waals surface area contributed by atoms with Gasteiger partial charge in [0.25, 0.3) is 11.6 Å². The number of amides is 1. The van der Waals surface area contributed by atoms with Gasteiger partial charge in [-0.05, 0) is 37.6 Å². The minimum absolute atomic E-state index is 0.0510. The topological polar surface area (TPSA) is 92.5 Å². The summed E-state index contributed by atoms with van der Waals surface area (Å²) < 4.78 is 0. The van der Waals surface area contributed by atoms with Gasteiger partial charge >= 0.3 is 0 Å². The van der Waals surface area contributed by atoms with E-state index in [2.05, 4.69) is 5.32 Å². The maximum Gasteiger partial charge on any atom is 0.273 e. The molecule has 1 amide bonds. The molecule has 2 aromatic rings. The highest BCUT2D eigenvalue weighted by molar-refractivity contribution is 6.05. The Morgan fingerprint density at radius 1 is 1.19 bits per heavy atom. The highest BCUT2D eigenvalue weighted by atomic mass is 16.6. The van der Waals surface area contributed by atoms with E-state index < -0.39 is 10.8 Å². The van der Waals surface area contributed by atoms with Crippen LogP contribution in [0.4, 0.5) is 11.4 Å². The van der Waals surface area contributed by atoms with Crippen LogP contribution in [-0.2, 0) is 0 Å². The van der Waals surface area contributed by atoms with E-state index in [-0.39, 0.29) is 22.7 Å². The van der Waals surface area contributed by atoms with E-state index in [0.29, 0.717) is 5.56 Å². The van der Waals surface area contributed by atoms with Crippen LogP contribution >= 0.6 is 0 Å². The Labute approximate surface area is 121 Å². The lowest BCUT2D eigenvalue weighted by Crippen LogP contribution is -2.12. The van der Waals surface area contributed by atoms with E-state index in [1.54, 1.807) is 19.1 Å². The first-order valence-electron chi connectivity index (χ1n) is 6.24. The van der Waals surface area contributed by atoms with Gasteiger partial charge in [0.2, 0.25) is 0 Å². The van der Waals surface area contributed by atoms with Gasteiger partial charge in [-0.3, -0.25) is 14.9 Å². The molecule has 0 radical (unpaired) electrons. The Kier molecular flexibility index (Phi) is 3.89. The van der Waals surface area contributed by atoms with Gasteiger partial charge < -0.3 is 10.4 Å². The van der Waals surface area contributed by atoms with Crippen molar-refractivity contribution in [3.63, 3.8) is 0 Å². The molecule has 0 saturated heterocycles. The summed E-state index contributed by atoms with van der Waals surface area (Å²) in [7, 11) is 0. The molecule has 21 heavy (non-hydrogen) atoms. The Hall–Kier alpha value is -2.89. The molecule has 0 heterocycles. The van der Waals surface area contributed by atoms with Crippen LogP contribution in [0.1, 0.15) is 21.5 Å². The summed E-state index contributed by atoms with van der Waals surface area (Å²) in [6, 6.07) is 9.08. The largest absolute Gasteiger partial charge is 0.506 e. The molecular formula is C15H14N2O4. The summed E-state index contributed by atoms with van der Waals surface area (Å²) in [5.41, 5.74) is 1.64. The van der Waals surface area contributed by atoms with Crippen molar-refractivity contribution in [3.8, 4) is 5.75 Å². The smallest absolute Gasteiger partial charge is 0.273 e. The van der Waals surface area contributed by atoms with Crippen LogP contribution in [0.25, 0.3) is 0 Å². The number of phenolic OH excluding ortho intramolecular Hbond substituents is 1. The first-order valence-corrected chi connectivity index (χ1v) is 6.24. The Bertz CT molecular complexity index is 726. The number of nitro groups is 1. The Morgan fingerprint density at radius 2 is 1.90 bits per heavy atom. The average molecular weight is 286 g/mol. The van der Waals surface area contributed by atoms with Gasteiger partial charge in [0.15, 0.2) is 0 Å². The maximum absolute atomic E-state index is 12.1. The predicted octanol–water partition coefficient (Wildman–Crippen LogP) is 3.17. The van der Waals surface area contributed by atoms with Crippen molar-refractivity contribution in [1.29, 1.82) is 0 Å². The number of carbonyl (C=O) groups is 1. The SMILES string of the molecule is Cc1ccc(NC(=O)c2ccc(C)c([N+](=O)[O-])c2)c(O)c1. The normalized spacial score (nSPS) is 10.2. The monoisotopic (exact) mass is 286 g/mol. The number of carbonyl (C=O) groups excluding carboxylic acids is 1. The fourth-order valence-electron chi connectivity index (χ4n) is 1.89. The van der Waals surface area contributed by atoms with Gasteiger partial charge in [-0.15, -0.1) is 0 Å². The van der Waals surface area contributed by atoms with Crippen LogP contribution in [0, 0.1) is 24.0 Å². The van der Waals surface area contributed by atoms with Gasteiger partial charge in [-0.1, -0.05) is 12.1 Å². The van der Waals surface area contributed by atoms with Crippen molar-refractivity contribution in [3.05, 3.63) is 63.2 Å². The maximum atomic E-state index is 12.1. The average Bonchev–Trinajstić information content (AvgIpc) is 2.42. The van der Waals surface area contributed by atoms with Crippen molar-refractivity contribution in [2.75, 3.05) is 5.32 Å². The second kappa shape index (κ2) is 5.62. The fraction of sp³-hybridized carbons (Fsp3) is 0.133. The highest BCUT2D eigenvalue weighted by Gasteiger charge is 2.15. The van der Waals surface area contributed by atoms with Crippen molar-refractivity contribution >= 4 is 17.3 Å². The molecule has 0 unspecified atom stereocenters. The molecule has 2 N–H and O–H groups in total. The first-order chi connectivity index (χ1) is 9.88. The van der Waals surface area contributed by atoms with Crippen molar-refractivity contribution in [2.45, 2.75) is 13.8 Å². The number of rotatable bonds is 3. The van der Waals surface area contributed by atoms with E-state index in [0.717, 1.165) is 5.56 Å². The first kappa shape index (κ1) is 14.5. The molecule has 0 atom stereocenters. The number of nitrogens with zero attached hydrogens (tertiary/aromatic N) is 1. The molecule has 0 bridgehead atoms. The summed E-state index contributed by atoms with van der Waals surface area (Å²) >= 11 is 0. The quantitative estimate of drug-likeness (QED) is 0.515. The lowest BCUT2D eigenvalue weighted by Gasteiger charge is -2.08. The molecule has 0 saturated carbocycles. The molecule has 108 valence electrons. The summed E-state index contributed by atoms with van der Waals surface area (Å²) in [6.07, 6.45) is 0. The molecular weight excluding hydrogens is 272 g/mol. The number of benzene rings is 2. The molecule has 6 heteroatoms. The summed E-state index contributed by atoms with van der Waals surface area (Å²) in [5, 5.41) is 23.2. The molecule has 0 aliphatic rings. The summed E-state index contributed by atoms with van der Waals surface area (Å²) in [5.74, 6) is -0.567. The van der Waals surface area contributed by atoms with Crippen LogP contribution in [0.3, 0.4) is 0 Å². The zero-order valence-corrected chi connectivity index (χ0v) is 11.6. The number of anilines is 1. The number of nitro benzene ring substituents is 1. The van der Waals surface area contributed by atoms with Gasteiger partial charge in [0.1, 0.15) is 5.75 Å². The zero-order chi connectivity index (χ0) is 15.6. The van der Waals surface area contributed by atoms with Crippen LogP contribution in [0.5, 0.6) is 5.75 Å². The van der Waals surface area contributed by atoms with E-state index in [1.807, 2.05) is 6.92 Å². The van der Waals surface area contributed by atoms with E-state index in [4.69, 9.17) is 0 Å². The van der Waals surface area contributed by atoms with Crippen LogP contribution in [0.2, 0.25) is 0 Å². The van der Waals surface area contributed by atoms with E-state index >= 15 is 0 Å². The van der Waals surface area contributed by atoms with Crippen LogP contribution < -0.4 is 5.32 Å². The van der Waals surface area contributed by atoms with E-state index in [1.165, 1.54) is 24.3 Å². The van der Waals surface area contributed by atoms with Crippen LogP contribution in [-0.4, -0.2) is 15.9 Å². The third-order valence-electron chi connectivity index (χ3n) is 3.07. The second-order valence-electron chi connectivity index (χ2n) is 4.73. The Morgan fingerprint density at radius 3 is 2.52 bits per heavy atom. The Balaban J connectivity index is 2.28. The standard InChI is InChI=1S/C15H14N2O4/c1-9-3-6-12(14(18)7-9)16-15(19)11-5-4-10(2)13(8-11)17(20)21/h3-8,18H,1-2H3,(H,16,19). The number of hydrogen-bond acceptors (Lipinski definition) is 4. The van der Waals surface area contributed by atoms with E-state index in [9.17, 15) is 20.0 Å². The minimum atomic E-state index is -0.532. The van der Waals surface area contributed by atoms with Crippen molar-refractivity contribution < 1.29 is 14.8 Å². The molecule has 0 aromatic heterocycles. The molecule has 2 aromatic carbocycles. The number of hydrogen-bond donors (Lipinski definition) is 2. The predicted molar refractivity (Wildman–Crippen MR) is 78.6 cm³/mol. The number of nitrogens with one attached hydrogen (secondary N) is 1. The third-order valence-corrected chi connectivity index (χ3v) is 3.07.